The maximum atomic E-state index is 13.4. The zero-order valence-electron chi connectivity index (χ0n) is 21.7. The van der Waals surface area contributed by atoms with E-state index in [1.165, 1.54) is 4.90 Å². The van der Waals surface area contributed by atoms with Crippen molar-refractivity contribution in [2.24, 2.45) is 0 Å². The Bertz CT molecular complexity index is 1100. The molecule has 2 amide bonds. The molecule has 0 saturated heterocycles. The number of hydrogen-bond donors (Lipinski definition) is 0. The van der Waals surface area contributed by atoms with E-state index in [0.29, 0.717) is 73.0 Å². The minimum absolute atomic E-state index is 0.206. The number of hydrogen-bond acceptors (Lipinski definition) is 8. The summed E-state index contributed by atoms with van der Waals surface area (Å²) in [5, 5.41) is 1.28. The van der Waals surface area contributed by atoms with Gasteiger partial charge in [0.25, 0.3) is 11.8 Å². The molecule has 0 spiro atoms. The lowest BCUT2D eigenvalue weighted by atomic mass is 9.93. The van der Waals surface area contributed by atoms with Crippen molar-refractivity contribution >= 4 is 37.4 Å². The predicted molar refractivity (Wildman–Crippen MR) is 141 cm³/mol. The molecule has 0 N–H and O–H groups in total. The highest BCUT2D eigenvalue weighted by molar-refractivity contribution is 6.60. The minimum Gasteiger partial charge on any atom is -0.493 e. The largest absolute Gasteiger partial charge is 0.500 e. The van der Waals surface area contributed by atoms with Gasteiger partial charge in [0.2, 0.25) is 0 Å². The van der Waals surface area contributed by atoms with Gasteiger partial charge in [0.1, 0.15) is 5.75 Å². The molecule has 10 heteroatoms. The number of carbonyl (C=O) groups excluding carboxylic acids is 3. The Morgan fingerprint density at radius 3 is 2.19 bits per heavy atom. The van der Waals surface area contributed by atoms with E-state index in [4.69, 9.17) is 22.8 Å². The van der Waals surface area contributed by atoms with Gasteiger partial charge in [-0.15, -0.1) is 0 Å². The van der Waals surface area contributed by atoms with Crippen molar-refractivity contribution in [2.45, 2.75) is 39.7 Å². The molecule has 0 unspecified atom stereocenters. The summed E-state index contributed by atoms with van der Waals surface area (Å²) in [5.74, 6) is -0.600. The molecular weight excluding hydrogens is 494 g/mol. The van der Waals surface area contributed by atoms with Crippen molar-refractivity contribution in [1.29, 1.82) is 0 Å². The predicted octanol–water partition coefficient (Wildman–Crippen LogP) is 4.37. The van der Waals surface area contributed by atoms with Gasteiger partial charge >= 0.3 is 14.8 Å². The van der Waals surface area contributed by atoms with Crippen LogP contribution in [-0.4, -0.2) is 71.1 Å². The Kier molecular flexibility index (Phi) is 10.4. The number of esters is 1. The van der Waals surface area contributed by atoms with E-state index in [9.17, 15) is 14.4 Å². The monoisotopic (exact) mass is 529 g/mol. The molecule has 0 atom stereocenters. The lowest BCUT2D eigenvalue weighted by Gasteiger charge is -2.31. The first-order chi connectivity index (χ1) is 17.9. The highest BCUT2D eigenvalue weighted by atomic mass is 28.4. The molecule has 2 aromatic rings. The molecule has 1 heterocycles. The third-order valence-electron chi connectivity index (χ3n) is 5.87. The smallest absolute Gasteiger partial charge is 0.493 e. The molecule has 1 aliphatic heterocycles. The first-order valence-electron chi connectivity index (χ1n) is 12.7. The van der Waals surface area contributed by atoms with Gasteiger partial charge in [-0.05, 0) is 45.4 Å². The number of imide groups is 1. The molecule has 200 valence electrons. The summed E-state index contributed by atoms with van der Waals surface area (Å²) in [5.41, 5.74) is 0.917. The van der Waals surface area contributed by atoms with Crippen LogP contribution >= 0.6 is 0 Å². The van der Waals surface area contributed by atoms with Crippen molar-refractivity contribution in [3.63, 3.8) is 0 Å². The molecule has 1 aliphatic rings. The summed E-state index contributed by atoms with van der Waals surface area (Å²) < 4.78 is 28.5. The molecule has 2 aromatic carbocycles. The average Bonchev–Trinajstić information content (AvgIpc) is 2.89. The maximum absolute atomic E-state index is 13.4. The summed E-state index contributed by atoms with van der Waals surface area (Å²) in [7, 11) is -2.88. The van der Waals surface area contributed by atoms with Crippen molar-refractivity contribution in [3.8, 4) is 5.75 Å². The van der Waals surface area contributed by atoms with Crippen molar-refractivity contribution < 1.29 is 37.1 Å². The Hall–Kier alpha value is -3.05. The Morgan fingerprint density at radius 1 is 0.919 bits per heavy atom. The van der Waals surface area contributed by atoms with Crippen LogP contribution in [-0.2, 0) is 22.8 Å². The Balaban J connectivity index is 1.74. The molecule has 9 nitrogen and oxygen atoms in total. The van der Waals surface area contributed by atoms with Crippen molar-refractivity contribution in [1.82, 2.24) is 4.90 Å². The van der Waals surface area contributed by atoms with Gasteiger partial charge < -0.3 is 22.8 Å². The molecule has 0 bridgehead atoms. The van der Waals surface area contributed by atoms with Gasteiger partial charge in [0, 0.05) is 66.8 Å². The molecule has 0 saturated carbocycles. The Labute approximate surface area is 218 Å². The van der Waals surface area contributed by atoms with Crippen molar-refractivity contribution in [2.75, 3.05) is 39.6 Å². The fourth-order valence-corrected chi connectivity index (χ4v) is 6.97. The lowest BCUT2D eigenvalue weighted by Crippen LogP contribution is -2.47. The molecular formula is C27H35NO8Si. The highest BCUT2D eigenvalue weighted by Gasteiger charge is 2.41. The second-order valence-electron chi connectivity index (χ2n) is 8.26. The van der Waals surface area contributed by atoms with Gasteiger partial charge in [-0.2, -0.15) is 0 Å². The van der Waals surface area contributed by atoms with E-state index in [1.807, 2.05) is 26.8 Å². The summed E-state index contributed by atoms with van der Waals surface area (Å²) in [4.78, 5) is 39.2. The molecule has 0 radical (unpaired) electrons. The van der Waals surface area contributed by atoms with Gasteiger partial charge in [0.05, 0.1) is 13.2 Å². The normalized spacial score (nSPS) is 13.2. The number of benzene rings is 2. The van der Waals surface area contributed by atoms with Crippen LogP contribution in [0.4, 0.5) is 0 Å². The summed E-state index contributed by atoms with van der Waals surface area (Å²) in [6.07, 6.45) is 2.11. The molecule has 0 aliphatic carbocycles. The van der Waals surface area contributed by atoms with Crippen LogP contribution in [0.2, 0.25) is 6.04 Å². The molecule has 0 aromatic heterocycles. The van der Waals surface area contributed by atoms with Gasteiger partial charge in [-0.3, -0.25) is 14.5 Å². The van der Waals surface area contributed by atoms with E-state index in [-0.39, 0.29) is 25.0 Å². The second-order valence-corrected chi connectivity index (χ2v) is 11.0. The number of amides is 2. The third-order valence-corrected chi connectivity index (χ3v) is 9.02. The van der Waals surface area contributed by atoms with Gasteiger partial charge in [0.15, 0.2) is 0 Å². The van der Waals surface area contributed by atoms with E-state index in [1.54, 1.807) is 24.3 Å². The summed E-state index contributed by atoms with van der Waals surface area (Å²) in [6, 6.07) is 9.28. The number of nitrogens with zero attached hydrogens (tertiary/aromatic N) is 1. The standard InChI is InChI=1S/C27H35NO8Si/c1-5-24(29)33-18-11-17-32-23-15-14-22-25-20(23)12-9-13-21(25)26(30)28(27(22)31)16-10-19-37(34-6-2,35-7-3)36-8-4/h5,9,12-15H,1,6-8,10-11,16-19H2,2-4H3. The van der Waals surface area contributed by atoms with Crippen LogP contribution in [0.25, 0.3) is 10.8 Å². The van der Waals surface area contributed by atoms with E-state index < -0.39 is 14.8 Å². The zero-order chi connectivity index (χ0) is 26.8. The maximum Gasteiger partial charge on any atom is 0.500 e. The molecule has 37 heavy (non-hydrogen) atoms. The SMILES string of the molecule is C=CC(=O)OCCCOc1ccc2c3c(cccc13)C(=O)N(CCC[Si](OCC)(OCC)OCC)C2=O. The third kappa shape index (κ3) is 6.64. The zero-order valence-corrected chi connectivity index (χ0v) is 22.7. The Morgan fingerprint density at radius 2 is 1.57 bits per heavy atom. The van der Waals surface area contributed by atoms with Crippen LogP contribution in [0.15, 0.2) is 43.0 Å². The highest BCUT2D eigenvalue weighted by Crippen LogP contribution is 2.36. The average molecular weight is 530 g/mol. The van der Waals surface area contributed by atoms with Gasteiger partial charge in [-0.25, -0.2) is 4.79 Å². The van der Waals surface area contributed by atoms with Crippen LogP contribution in [0.1, 0.15) is 54.3 Å². The first-order valence-corrected chi connectivity index (χ1v) is 14.6. The van der Waals surface area contributed by atoms with Gasteiger partial charge in [-0.1, -0.05) is 18.7 Å². The number of carbonyl (C=O) groups is 3. The number of ether oxygens (including phenoxy) is 2. The molecule has 3 rings (SSSR count). The van der Waals surface area contributed by atoms with E-state index in [0.717, 1.165) is 6.08 Å². The van der Waals surface area contributed by atoms with Crippen LogP contribution in [0.3, 0.4) is 0 Å². The minimum atomic E-state index is -2.88. The first kappa shape index (κ1) is 28.5. The van der Waals surface area contributed by atoms with E-state index in [2.05, 4.69) is 6.58 Å². The number of rotatable bonds is 16. The molecule has 0 fully saturated rings. The fourth-order valence-electron chi connectivity index (χ4n) is 4.38. The second kappa shape index (κ2) is 13.5. The van der Waals surface area contributed by atoms with Crippen LogP contribution in [0, 0.1) is 0 Å². The summed E-state index contributed by atoms with van der Waals surface area (Å²) >= 11 is 0. The van der Waals surface area contributed by atoms with E-state index >= 15 is 0 Å². The van der Waals surface area contributed by atoms with Crippen LogP contribution < -0.4 is 4.74 Å². The summed E-state index contributed by atoms with van der Waals surface area (Å²) in [6.45, 7) is 11.2. The quantitative estimate of drug-likeness (QED) is 0.104. The van der Waals surface area contributed by atoms with Crippen LogP contribution in [0.5, 0.6) is 5.75 Å². The lowest BCUT2D eigenvalue weighted by molar-refractivity contribution is -0.137. The van der Waals surface area contributed by atoms with Crippen molar-refractivity contribution in [3.05, 3.63) is 54.1 Å². The fraction of sp³-hybridized carbons (Fsp3) is 0.444. The topological polar surface area (TPSA) is 101 Å².